The van der Waals surface area contributed by atoms with Gasteiger partial charge in [-0.1, -0.05) is 0 Å². The Labute approximate surface area is 62.5 Å². The smallest absolute Gasteiger partial charge is 0.235 e. The van der Waals surface area contributed by atoms with Gasteiger partial charge in [-0.15, -0.1) is 0 Å². The van der Waals surface area contributed by atoms with Crippen LogP contribution in [0, 0.1) is 10.1 Å². The van der Waals surface area contributed by atoms with Crippen molar-refractivity contribution in [1.82, 2.24) is 10.2 Å². The molecule has 1 heterocycles. The van der Waals surface area contributed by atoms with E-state index in [1.54, 1.807) is 6.07 Å². The summed E-state index contributed by atoms with van der Waals surface area (Å²) in [7, 11) is 0. The van der Waals surface area contributed by atoms with Crippen LogP contribution in [0.15, 0.2) is 24.7 Å². The van der Waals surface area contributed by atoms with Crippen molar-refractivity contribution in [2.45, 2.75) is 0 Å². The highest BCUT2D eigenvalue weighted by atomic mass is 16.6. The quantitative estimate of drug-likeness (QED) is 0.461. The van der Waals surface area contributed by atoms with Crippen LogP contribution in [-0.2, 0) is 0 Å². The van der Waals surface area contributed by atoms with Gasteiger partial charge in [-0.3, -0.25) is 10.1 Å². The van der Waals surface area contributed by atoms with E-state index in [9.17, 15) is 10.1 Å². The van der Waals surface area contributed by atoms with Crippen molar-refractivity contribution < 1.29 is 4.92 Å². The molecule has 11 heavy (non-hydrogen) atoms. The van der Waals surface area contributed by atoms with Crippen LogP contribution in [0.1, 0.15) is 5.56 Å². The van der Waals surface area contributed by atoms with E-state index in [0.717, 1.165) is 6.20 Å². The molecule has 1 rings (SSSR count). The molecule has 0 N–H and O–H groups in total. The van der Waals surface area contributed by atoms with E-state index in [4.69, 9.17) is 0 Å². The molecule has 0 fully saturated rings. The third-order valence-corrected chi connectivity index (χ3v) is 0.996. The Balaban J connectivity index is 2.72. The van der Waals surface area contributed by atoms with Crippen molar-refractivity contribution in [2.24, 2.45) is 0 Å². The maximum Gasteiger partial charge on any atom is 0.235 e. The summed E-state index contributed by atoms with van der Waals surface area (Å²) in [5.74, 6) is 0. The summed E-state index contributed by atoms with van der Waals surface area (Å²) in [6.45, 7) is 0. The fraction of sp³-hybridized carbons (Fsp3) is 0. The van der Waals surface area contributed by atoms with Crippen molar-refractivity contribution in [3.63, 3.8) is 0 Å². The molecule has 0 amide bonds. The van der Waals surface area contributed by atoms with E-state index in [1.165, 1.54) is 18.5 Å². The van der Waals surface area contributed by atoms with Crippen molar-refractivity contribution >= 4 is 6.08 Å². The molecule has 56 valence electrons. The molecule has 1 aromatic rings. The topological polar surface area (TPSA) is 68.9 Å². The van der Waals surface area contributed by atoms with Crippen LogP contribution in [-0.4, -0.2) is 15.1 Å². The highest BCUT2D eigenvalue weighted by Gasteiger charge is 1.87. The lowest BCUT2D eigenvalue weighted by Gasteiger charge is -1.84. The lowest BCUT2D eigenvalue weighted by Crippen LogP contribution is -1.83. The number of aromatic nitrogens is 2. The largest absolute Gasteiger partial charge is 0.259 e. The summed E-state index contributed by atoms with van der Waals surface area (Å²) >= 11 is 0. The Morgan fingerprint density at radius 3 is 2.91 bits per heavy atom. The van der Waals surface area contributed by atoms with Crippen molar-refractivity contribution in [2.75, 3.05) is 0 Å². The summed E-state index contributed by atoms with van der Waals surface area (Å²) in [4.78, 5) is 9.33. The molecule has 0 aromatic carbocycles. The molecule has 0 aliphatic carbocycles. The lowest BCUT2D eigenvalue weighted by molar-refractivity contribution is -0.400. The first-order valence-electron chi connectivity index (χ1n) is 2.87. The van der Waals surface area contributed by atoms with Crippen LogP contribution in [0.5, 0.6) is 0 Å². The minimum absolute atomic E-state index is 0.527. The van der Waals surface area contributed by atoms with E-state index in [0.29, 0.717) is 5.56 Å². The summed E-state index contributed by atoms with van der Waals surface area (Å²) < 4.78 is 0. The summed E-state index contributed by atoms with van der Waals surface area (Å²) in [5.41, 5.74) is 0.664. The maximum absolute atomic E-state index is 9.86. The van der Waals surface area contributed by atoms with Gasteiger partial charge in [0.15, 0.2) is 0 Å². The van der Waals surface area contributed by atoms with Crippen LogP contribution in [0.4, 0.5) is 0 Å². The van der Waals surface area contributed by atoms with E-state index in [1.807, 2.05) is 0 Å². The van der Waals surface area contributed by atoms with Crippen LogP contribution in [0.2, 0.25) is 0 Å². The van der Waals surface area contributed by atoms with Gasteiger partial charge in [-0.2, -0.15) is 10.2 Å². The first-order valence-corrected chi connectivity index (χ1v) is 2.87. The third-order valence-electron chi connectivity index (χ3n) is 0.996. The second-order valence-electron chi connectivity index (χ2n) is 1.78. The van der Waals surface area contributed by atoms with Gasteiger partial charge in [0, 0.05) is 11.6 Å². The molecular formula is C6H5N3O2. The highest BCUT2D eigenvalue weighted by Crippen LogP contribution is 1.96. The first kappa shape index (κ1) is 7.33. The van der Waals surface area contributed by atoms with E-state index in [2.05, 4.69) is 10.2 Å². The van der Waals surface area contributed by atoms with E-state index < -0.39 is 4.92 Å². The minimum atomic E-state index is -0.527. The average molecular weight is 151 g/mol. The zero-order chi connectivity index (χ0) is 8.10. The molecule has 0 radical (unpaired) electrons. The normalized spacial score (nSPS) is 10.2. The van der Waals surface area contributed by atoms with Gasteiger partial charge in [0.05, 0.1) is 17.3 Å². The Morgan fingerprint density at radius 2 is 2.36 bits per heavy atom. The highest BCUT2D eigenvalue weighted by molar-refractivity contribution is 5.45. The van der Waals surface area contributed by atoms with Crippen molar-refractivity contribution in [3.05, 3.63) is 40.3 Å². The van der Waals surface area contributed by atoms with Crippen LogP contribution in [0.3, 0.4) is 0 Å². The first-order chi connectivity index (χ1) is 5.29. The molecule has 0 saturated heterocycles. The monoisotopic (exact) mass is 151 g/mol. The molecule has 0 spiro atoms. The van der Waals surface area contributed by atoms with Gasteiger partial charge >= 0.3 is 0 Å². The lowest BCUT2D eigenvalue weighted by atomic mass is 10.3. The van der Waals surface area contributed by atoms with Crippen LogP contribution < -0.4 is 0 Å². The average Bonchev–Trinajstić information content (AvgIpc) is 2.03. The Hall–Kier alpha value is -1.78. The molecule has 0 unspecified atom stereocenters. The number of nitro groups is 1. The number of hydrogen-bond acceptors (Lipinski definition) is 4. The number of nitrogens with zero attached hydrogens (tertiary/aromatic N) is 3. The molecule has 1 aromatic heterocycles. The van der Waals surface area contributed by atoms with Crippen molar-refractivity contribution in [1.29, 1.82) is 0 Å². The zero-order valence-corrected chi connectivity index (χ0v) is 5.54. The van der Waals surface area contributed by atoms with Crippen LogP contribution >= 0.6 is 0 Å². The van der Waals surface area contributed by atoms with Gasteiger partial charge in [0.2, 0.25) is 6.20 Å². The summed E-state index contributed by atoms with van der Waals surface area (Å²) in [6.07, 6.45) is 5.13. The fourth-order valence-electron chi connectivity index (χ4n) is 0.546. The molecule has 0 bridgehead atoms. The predicted octanol–water partition coefficient (Wildman–Crippen LogP) is 0.724. The van der Waals surface area contributed by atoms with Crippen LogP contribution in [0.25, 0.3) is 6.08 Å². The predicted molar refractivity (Wildman–Crippen MR) is 38.1 cm³/mol. The molecule has 5 nitrogen and oxygen atoms in total. The molecule has 0 aliphatic rings. The molecular weight excluding hydrogens is 146 g/mol. The molecule has 0 aliphatic heterocycles. The van der Waals surface area contributed by atoms with E-state index in [-0.39, 0.29) is 0 Å². The van der Waals surface area contributed by atoms with Gasteiger partial charge in [0.25, 0.3) is 0 Å². The van der Waals surface area contributed by atoms with Gasteiger partial charge in [0.1, 0.15) is 0 Å². The van der Waals surface area contributed by atoms with Gasteiger partial charge < -0.3 is 0 Å². The van der Waals surface area contributed by atoms with Gasteiger partial charge in [-0.25, -0.2) is 0 Å². The number of rotatable bonds is 2. The minimum Gasteiger partial charge on any atom is -0.259 e. The maximum atomic E-state index is 9.86. The Morgan fingerprint density at radius 1 is 1.55 bits per heavy atom. The third kappa shape index (κ3) is 2.53. The second kappa shape index (κ2) is 3.40. The standard InChI is InChI=1S/C6H5N3O2/c10-9(11)4-2-6-1-3-7-8-5-6/h1-5H. The Kier molecular flexibility index (Phi) is 2.27. The van der Waals surface area contributed by atoms with Crippen molar-refractivity contribution in [3.8, 4) is 0 Å². The molecule has 5 heteroatoms. The molecule has 0 saturated carbocycles. The second-order valence-corrected chi connectivity index (χ2v) is 1.78. The number of hydrogen-bond donors (Lipinski definition) is 0. The van der Waals surface area contributed by atoms with E-state index >= 15 is 0 Å². The summed E-state index contributed by atoms with van der Waals surface area (Å²) in [5, 5.41) is 16.9. The zero-order valence-electron chi connectivity index (χ0n) is 5.54. The SMILES string of the molecule is O=[N+]([O-])C=Cc1ccnnc1. The summed E-state index contributed by atoms with van der Waals surface area (Å²) in [6, 6.07) is 1.63. The Bertz CT molecular complexity index is 270. The van der Waals surface area contributed by atoms with Gasteiger partial charge in [-0.05, 0) is 6.07 Å². The fourth-order valence-corrected chi connectivity index (χ4v) is 0.546. The molecule has 0 atom stereocenters.